The maximum atomic E-state index is 5.55. The summed E-state index contributed by atoms with van der Waals surface area (Å²) in [5.41, 5.74) is 2.52. The molecule has 1 N–H and O–H groups in total. The molecule has 1 aromatic carbocycles. The van der Waals surface area contributed by atoms with Crippen molar-refractivity contribution in [2.45, 2.75) is 31.9 Å². The molecule has 1 saturated heterocycles. The van der Waals surface area contributed by atoms with Crippen LogP contribution < -0.4 is 10.1 Å². The van der Waals surface area contributed by atoms with Crippen LogP contribution in [0.1, 0.15) is 30.9 Å². The van der Waals surface area contributed by atoms with Gasteiger partial charge in [-0.25, -0.2) is 0 Å². The third-order valence-corrected chi connectivity index (χ3v) is 4.34. The highest BCUT2D eigenvalue weighted by molar-refractivity contribution is 9.10. The molecule has 4 heteroatoms. The molecule has 0 saturated carbocycles. The molecule has 2 aliphatic rings. The van der Waals surface area contributed by atoms with Gasteiger partial charge in [0, 0.05) is 15.6 Å². The Hall–Kier alpha value is -0.580. The number of hydrogen-bond acceptors (Lipinski definition) is 3. The number of rotatable bonds is 1. The first-order chi connectivity index (χ1) is 8.21. The molecular weight excluding hydrogens is 282 g/mol. The van der Waals surface area contributed by atoms with Crippen LogP contribution in [0.3, 0.4) is 0 Å². The minimum Gasteiger partial charge on any atom is -0.467 e. The van der Waals surface area contributed by atoms with Crippen LogP contribution in [0, 0.1) is 0 Å². The lowest BCUT2D eigenvalue weighted by Gasteiger charge is -2.31. The highest BCUT2D eigenvalue weighted by atomic mass is 79.9. The van der Waals surface area contributed by atoms with Crippen LogP contribution in [0.25, 0.3) is 0 Å². The van der Waals surface area contributed by atoms with Crippen molar-refractivity contribution in [2.75, 3.05) is 13.3 Å². The lowest BCUT2D eigenvalue weighted by molar-refractivity contribution is -0.0175. The van der Waals surface area contributed by atoms with E-state index in [1.165, 1.54) is 17.5 Å². The van der Waals surface area contributed by atoms with Crippen LogP contribution in [0.2, 0.25) is 0 Å². The van der Waals surface area contributed by atoms with E-state index in [9.17, 15) is 0 Å². The summed E-state index contributed by atoms with van der Waals surface area (Å²) < 4.78 is 12.1. The van der Waals surface area contributed by atoms with Crippen molar-refractivity contribution in [1.29, 1.82) is 0 Å². The van der Waals surface area contributed by atoms with Crippen molar-refractivity contribution >= 4 is 15.9 Å². The van der Waals surface area contributed by atoms with E-state index in [-0.39, 0.29) is 5.54 Å². The molecule has 3 rings (SSSR count). The average Bonchev–Trinajstić information content (AvgIpc) is 2.76. The summed E-state index contributed by atoms with van der Waals surface area (Å²) in [5, 5.41) is 3.60. The van der Waals surface area contributed by atoms with Crippen LogP contribution in [0.5, 0.6) is 5.75 Å². The fourth-order valence-corrected chi connectivity index (χ4v) is 3.64. The number of benzene rings is 1. The van der Waals surface area contributed by atoms with E-state index in [1.54, 1.807) is 0 Å². The number of ether oxygens (including phenoxy) is 2. The Morgan fingerprint density at radius 1 is 1.41 bits per heavy atom. The average molecular weight is 298 g/mol. The van der Waals surface area contributed by atoms with Gasteiger partial charge in [0.05, 0.1) is 6.61 Å². The van der Waals surface area contributed by atoms with Gasteiger partial charge in [-0.2, -0.15) is 0 Å². The number of nitrogens with one attached hydrogen (secondary N) is 1. The van der Waals surface area contributed by atoms with Gasteiger partial charge in [0.2, 0.25) is 0 Å². The summed E-state index contributed by atoms with van der Waals surface area (Å²) in [6, 6.07) is 4.09. The van der Waals surface area contributed by atoms with Gasteiger partial charge in [-0.15, -0.1) is 0 Å². The molecule has 0 aromatic heterocycles. The van der Waals surface area contributed by atoms with E-state index >= 15 is 0 Å². The molecule has 2 aliphatic heterocycles. The van der Waals surface area contributed by atoms with E-state index in [1.807, 2.05) is 6.07 Å². The second kappa shape index (κ2) is 4.26. The normalized spacial score (nSPS) is 27.6. The summed E-state index contributed by atoms with van der Waals surface area (Å²) in [5.74, 6) is 0.962. The van der Waals surface area contributed by atoms with Crippen LogP contribution in [-0.2, 0) is 16.9 Å². The van der Waals surface area contributed by atoms with Crippen LogP contribution in [0.4, 0.5) is 0 Å². The molecule has 17 heavy (non-hydrogen) atoms. The Labute approximate surface area is 110 Å². The van der Waals surface area contributed by atoms with Gasteiger partial charge in [0.25, 0.3) is 0 Å². The van der Waals surface area contributed by atoms with Gasteiger partial charge in [-0.05, 0) is 44.0 Å². The molecule has 1 atom stereocenters. The monoisotopic (exact) mass is 297 g/mol. The van der Waals surface area contributed by atoms with Crippen LogP contribution >= 0.6 is 15.9 Å². The molecule has 92 valence electrons. The molecule has 2 heterocycles. The zero-order valence-corrected chi connectivity index (χ0v) is 11.5. The lowest BCUT2D eigenvalue weighted by Crippen LogP contribution is -2.35. The summed E-state index contributed by atoms with van der Waals surface area (Å²) >= 11 is 3.67. The Bertz CT molecular complexity index is 441. The summed E-state index contributed by atoms with van der Waals surface area (Å²) in [4.78, 5) is 0. The van der Waals surface area contributed by atoms with Crippen molar-refractivity contribution in [3.8, 4) is 5.75 Å². The SMILES string of the molecule is CC1(c2c(Br)ccc3c2COCO3)CCCN1. The molecule has 0 aliphatic carbocycles. The Morgan fingerprint density at radius 2 is 2.29 bits per heavy atom. The Kier molecular flexibility index (Phi) is 2.89. The molecule has 0 bridgehead atoms. The van der Waals surface area contributed by atoms with E-state index < -0.39 is 0 Å². The number of hydrogen-bond donors (Lipinski definition) is 1. The molecular formula is C13H16BrNO2. The summed E-state index contributed by atoms with van der Waals surface area (Å²) in [6.45, 7) is 4.34. The maximum Gasteiger partial charge on any atom is 0.189 e. The smallest absolute Gasteiger partial charge is 0.189 e. The van der Waals surface area contributed by atoms with Crippen molar-refractivity contribution in [3.05, 3.63) is 27.7 Å². The second-order valence-electron chi connectivity index (χ2n) is 4.87. The van der Waals surface area contributed by atoms with Crippen molar-refractivity contribution in [3.63, 3.8) is 0 Å². The molecule has 0 amide bonds. The Balaban J connectivity index is 2.14. The Morgan fingerprint density at radius 3 is 3.06 bits per heavy atom. The van der Waals surface area contributed by atoms with E-state index in [0.29, 0.717) is 13.4 Å². The highest BCUT2D eigenvalue weighted by Gasteiger charge is 2.35. The van der Waals surface area contributed by atoms with Crippen molar-refractivity contribution in [2.24, 2.45) is 0 Å². The first-order valence-corrected chi connectivity index (χ1v) is 6.77. The molecule has 1 unspecified atom stereocenters. The first-order valence-electron chi connectivity index (χ1n) is 5.98. The van der Waals surface area contributed by atoms with Gasteiger partial charge in [-0.3, -0.25) is 0 Å². The lowest BCUT2D eigenvalue weighted by atomic mass is 9.86. The van der Waals surface area contributed by atoms with Gasteiger partial charge >= 0.3 is 0 Å². The molecule has 1 fully saturated rings. The maximum absolute atomic E-state index is 5.55. The number of fused-ring (bicyclic) bond motifs is 1. The quantitative estimate of drug-likeness (QED) is 0.865. The number of halogens is 1. The van der Waals surface area contributed by atoms with Gasteiger partial charge < -0.3 is 14.8 Å². The predicted octanol–water partition coefficient (Wildman–Crippen LogP) is 2.91. The zero-order valence-electron chi connectivity index (χ0n) is 9.88. The summed E-state index contributed by atoms with van der Waals surface area (Å²) in [6.07, 6.45) is 2.37. The molecule has 0 spiro atoms. The van der Waals surface area contributed by atoms with Gasteiger partial charge in [0.15, 0.2) is 6.79 Å². The zero-order chi connectivity index (χ0) is 11.9. The topological polar surface area (TPSA) is 30.5 Å². The second-order valence-corrected chi connectivity index (χ2v) is 5.73. The van der Waals surface area contributed by atoms with Gasteiger partial charge in [0.1, 0.15) is 5.75 Å². The highest BCUT2D eigenvalue weighted by Crippen LogP contribution is 2.42. The fraction of sp³-hybridized carbons (Fsp3) is 0.538. The summed E-state index contributed by atoms with van der Waals surface area (Å²) in [7, 11) is 0. The minimum atomic E-state index is 0.0359. The predicted molar refractivity (Wildman–Crippen MR) is 69.0 cm³/mol. The van der Waals surface area contributed by atoms with E-state index in [0.717, 1.165) is 23.2 Å². The van der Waals surface area contributed by atoms with E-state index in [4.69, 9.17) is 9.47 Å². The van der Waals surface area contributed by atoms with Crippen molar-refractivity contribution < 1.29 is 9.47 Å². The largest absolute Gasteiger partial charge is 0.467 e. The first kappa shape index (κ1) is 11.5. The van der Waals surface area contributed by atoms with Crippen molar-refractivity contribution in [1.82, 2.24) is 5.32 Å². The minimum absolute atomic E-state index is 0.0359. The van der Waals surface area contributed by atoms with Gasteiger partial charge in [-0.1, -0.05) is 15.9 Å². The molecule has 0 radical (unpaired) electrons. The van der Waals surface area contributed by atoms with Crippen LogP contribution in [0.15, 0.2) is 16.6 Å². The fourth-order valence-electron chi connectivity index (χ4n) is 2.83. The van der Waals surface area contributed by atoms with Crippen LogP contribution in [-0.4, -0.2) is 13.3 Å². The third kappa shape index (κ3) is 1.88. The van der Waals surface area contributed by atoms with E-state index in [2.05, 4.69) is 34.2 Å². The third-order valence-electron chi connectivity index (χ3n) is 3.68. The molecule has 3 nitrogen and oxygen atoms in total. The molecule has 1 aromatic rings. The standard InChI is InChI=1S/C13H16BrNO2/c1-13(5-2-6-15-13)12-9-7-16-8-17-11(9)4-3-10(12)14/h3-4,15H,2,5-8H2,1H3.